The van der Waals surface area contributed by atoms with Crippen LogP contribution in [0.25, 0.3) is 0 Å². The maximum Gasteiger partial charge on any atom is 0.222 e. The average Bonchev–Trinajstić information content (AvgIpc) is 2.73. The third-order valence-electron chi connectivity index (χ3n) is 4.92. The predicted octanol–water partition coefficient (Wildman–Crippen LogP) is 3.59. The molecule has 2 aromatic carbocycles. The highest BCUT2D eigenvalue weighted by atomic mass is 16.5. The fourth-order valence-corrected chi connectivity index (χ4v) is 3.40. The SMILES string of the molecule is CCOc1ccccc1OCCCC(=O)N1CCN(Cc2ccccc2)CC1. The molecule has 1 heterocycles. The summed E-state index contributed by atoms with van der Waals surface area (Å²) in [6.45, 7) is 7.50. The van der Waals surface area contributed by atoms with E-state index >= 15 is 0 Å². The van der Waals surface area contributed by atoms with Crippen molar-refractivity contribution in [1.82, 2.24) is 9.80 Å². The van der Waals surface area contributed by atoms with E-state index in [1.165, 1.54) is 5.56 Å². The van der Waals surface area contributed by atoms with E-state index in [1.54, 1.807) is 0 Å². The summed E-state index contributed by atoms with van der Waals surface area (Å²) in [6, 6.07) is 18.2. The van der Waals surface area contributed by atoms with Gasteiger partial charge in [-0.2, -0.15) is 0 Å². The summed E-state index contributed by atoms with van der Waals surface area (Å²) in [6.07, 6.45) is 1.24. The lowest BCUT2D eigenvalue weighted by Gasteiger charge is -2.34. The van der Waals surface area contributed by atoms with Crippen molar-refractivity contribution in [3.8, 4) is 11.5 Å². The summed E-state index contributed by atoms with van der Waals surface area (Å²) >= 11 is 0. The van der Waals surface area contributed by atoms with Crippen LogP contribution >= 0.6 is 0 Å². The number of rotatable bonds is 9. The lowest BCUT2D eigenvalue weighted by Crippen LogP contribution is -2.48. The van der Waals surface area contributed by atoms with Crippen molar-refractivity contribution in [2.24, 2.45) is 0 Å². The Kier molecular flexibility index (Phi) is 7.73. The number of amides is 1. The molecule has 5 heteroatoms. The Bertz CT molecular complexity index is 728. The van der Waals surface area contributed by atoms with E-state index in [1.807, 2.05) is 42.2 Å². The van der Waals surface area contributed by atoms with E-state index in [0.29, 0.717) is 26.1 Å². The number of piperazine rings is 1. The topological polar surface area (TPSA) is 42.0 Å². The molecule has 1 amide bonds. The molecule has 1 fully saturated rings. The molecular weight excluding hydrogens is 352 g/mol. The van der Waals surface area contributed by atoms with Crippen LogP contribution in [0.15, 0.2) is 54.6 Å². The number of benzene rings is 2. The number of hydrogen-bond acceptors (Lipinski definition) is 4. The zero-order chi connectivity index (χ0) is 19.6. The van der Waals surface area contributed by atoms with Gasteiger partial charge in [-0.05, 0) is 31.0 Å². The van der Waals surface area contributed by atoms with Crippen molar-refractivity contribution >= 4 is 5.91 Å². The minimum absolute atomic E-state index is 0.223. The summed E-state index contributed by atoms with van der Waals surface area (Å²) in [7, 11) is 0. The van der Waals surface area contributed by atoms with Gasteiger partial charge in [0.15, 0.2) is 11.5 Å². The minimum Gasteiger partial charge on any atom is -0.490 e. The second-order valence-electron chi connectivity index (χ2n) is 6.97. The fourth-order valence-electron chi connectivity index (χ4n) is 3.40. The molecular formula is C23H30N2O3. The van der Waals surface area contributed by atoms with Crippen LogP contribution in [-0.2, 0) is 11.3 Å². The normalized spacial score (nSPS) is 14.7. The Balaban J connectivity index is 1.35. The molecule has 1 saturated heterocycles. The molecule has 0 saturated carbocycles. The van der Waals surface area contributed by atoms with E-state index in [-0.39, 0.29) is 5.91 Å². The Hall–Kier alpha value is -2.53. The number of ether oxygens (including phenoxy) is 2. The first-order chi connectivity index (χ1) is 13.8. The van der Waals surface area contributed by atoms with Crippen molar-refractivity contribution in [1.29, 1.82) is 0 Å². The molecule has 0 atom stereocenters. The second kappa shape index (κ2) is 10.7. The smallest absolute Gasteiger partial charge is 0.222 e. The fraction of sp³-hybridized carbons (Fsp3) is 0.435. The van der Waals surface area contributed by atoms with Crippen LogP contribution in [0.3, 0.4) is 0 Å². The summed E-state index contributed by atoms with van der Waals surface area (Å²) in [5, 5.41) is 0. The molecule has 0 aliphatic carbocycles. The first-order valence-corrected chi connectivity index (χ1v) is 10.1. The van der Waals surface area contributed by atoms with Crippen LogP contribution < -0.4 is 9.47 Å². The summed E-state index contributed by atoms with van der Waals surface area (Å²) in [4.78, 5) is 16.9. The molecule has 150 valence electrons. The van der Waals surface area contributed by atoms with Crippen LogP contribution in [0.4, 0.5) is 0 Å². The van der Waals surface area contributed by atoms with Crippen molar-refractivity contribution in [2.75, 3.05) is 39.4 Å². The van der Waals surface area contributed by atoms with Gasteiger partial charge in [-0.25, -0.2) is 0 Å². The molecule has 0 spiro atoms. The van der Waals surface area contributed by atoms with Gasteiger partial charge in [0.05, 0.1) is 13.2 Å². The molecule has 0 N–H and O–H groups in total. The lowest BCUT2D eigenvalue weighted by atomic mass is 10.2. The van der Waals surface area contributed by atoms with Crippen molar-refractivity contribution < 1.29 is 14.3 Å². The first-order valence-electron chi connectivity index (χ1n) is 10.1. The van der Waals surface area contributed by atoms with E-state index in [0.717, 1.165) is 44.2 Å². The standard InChI is InChI=1S/C23H30N2O3/c1-2-27-21-11-6-7-12-22(21)28-18-8-13-23(26)25-16-14-24(15-17-25)19-20-9-4-3-5-10-20/h3-7,9-12H,2,8,13-19H2,1H3. The number of para-hydroxylation sites is 2. The second-order valence-corrected chi connectivity index (χ2v) is 6.97. The van der Waals surface area contributed by atoms with Gasteiger partial charge >= 0.3 is 0 Å². The minimum atomic E-state index is 0.223. The maximum atomic E-state index is 12.5. The molecule has 2 aromatic rings. The van der Waals surface area contributed by atoms with Crippen LogP contribution in [0.2, 0.25) is 0 Å². The largest absolute Gasteiger partial charge is 0.490 e. The van der Waals surface area contributed by atoms with Crippen LogP contribution in [0, 0.1) is 0 Å². The highest BCUT2D eigenvalue weighted by Crippen LogP contribution is 2.26. The van der Waals surface area contributed by atoms with E-state index in [4.69, 9.17) is 9.47 Å². The first kappa shape index (κ1) is 20.2. The lowest BCUT2D eigenvalue weighted by molar-refractivity contribution is -0.133. The zero-order valence-electron chi connectivity index (χ0n) is 16.7. The third kappa shape index (κ3) is 5.99. The highest BCUT2D eigenvalue weighted by molar-refractivity contribution is 5.76. The van der Waals surface area contributed by atoms with Gasteiger partial charge in [0.25, 0.3) is 0 Å². The van der Waals surface area contributed by atoms with E-state index < -0.39 is 0 Å². The molecule has 0 aromatic heterocycles. The monoisotopic (exact) mass is 382 g/mol. The van der Waals surface area contributed by atoms with Gasteiger partial charge in [-0.3, -0.25) is 9.69 Å². The number of nitrogens with zero attached hydrogens (tertiary/aromatic N) is 2. The van der Waals surface area contributed by atoms with Crippen LogP contribution in [0.5, 0.6) is 11.5 Å². The van der Waals surface area contributed by atoms with Crippen molar-refractivity contribution in [3.63, 3.8) is 0 Å². The van der Waals surface area contributed by atoms with Gasteiger partial charge < -0.3 is 14.4 Å². The average molecular weight is 383 g/mol. The molecule has 1 aliphatic rings. The van der Waals surface area contributed by atoms with Crippen LogP contribution in [-0.4, -0.2) is 55.1 Å². The third-order valence-corrected chi connectivity index (χ3v) is 4.92. The summed E-state index contributed by atoms with van der Waals surface area (Å²) < 4.78 is 11.4. The molecule has 28 heavy (non-hydrogen) atoms. The van der Waals surface area contributed by atoms with Crippen molar-refractivity contribution in [3.05, 3.63) is 60.2 Å². The van der Waals surface area contributed by atoms with Gasteiger partial charge in [0.1, 0.15) is 0 Å². The quantitative estimate of drug-likeness (QED) is 0.622. The van der Waals surface area contributed by atoms with Crippen LogP contribution in [0.1, 0.15) is 25.3 Å². The highest BCUT2D eigenvalue weighted by Gasteiger charge is 2.20. The number of carbonyl (C=O) groups excluding carboxylic acids is 1. The Morgan fingerprint density at radius 2 is 1.54 bits per heavy atom. The van der Waals surface area contributed by atoms with Gasteiger partial charge in [0, 0.05) is 39.1 Å². The molecule has 1 aliphatic heterocycles. The van der Waals surface area contributed by atoms with E-state index in [2.05, 4.69) is 29.2 Å². The summed E-state index contributed by atoms with van der Waals surface area (Å²) in [5.74, 6) is 1.72. The van der Waals surface area contributed by atoms with Gasteiger partial charge in [-0.15, -0.1) is 0 Å². The van der Waals surface area contributed by atoms with E-state index in [9.17, 15) is 4.79 Å². The zero-order valence-corrected chi connectivity index (χ0v) is 16.7. The molecule has 3 rings (SSSR count). The molecule has 0 unspecified atom stereocenters. The number of carbonyl (C=O) groups is 1. The molecule has 0 radical (unpaired) electrons. The number of hydrogen-bond donors (Lipinski definition) is 0. The predicted molar refractivity (Wildman–Crippen MR) is 111 cm³/mol. The van der Waals surface area contributed by atoms with Gasteiger partial charge in [-0.1, -0.05) is 42.5 Å². The maximum absolute atomic E-state index is 12.5. The Morgan fingerprint density at radius 3 is 2.21 bits per heavy atom. The summed E-state index contributed by atoms with van der Waals surface area (Å²) in [5.41, 5.74) is 1.33. The van der Waals surface area contributed by atoms with Crippen molar-refractivity contribution in [2.45, 2.75) is 26.3 Å². The Labute approximate surface area is 167 Å². The Morgan fingerprint density at radius 1 is 0.893 bits per heavy atom. The molecule has 0 bridgehead atoms. The van der Waals surface area contributed by atoms with Gasteiger partial charge in [0.2, 0.25) is 5.91 Å². The molecule has 5 nitrogen and oxygen atoms in total.